The number of hydrogen-bond donors (Lipinski definition) is 1. The summed E-state index contributed by atoms with van der Waals surface area (Å²) in [6, 6.07) is 6.63. The summed E-state index contributed by atoms with van der Waals surface area (Å²) in [5, 5.41) is 3.40. The highest BCUT2D eigenvalue weighted by atomic mass is 16.5. The molecular formula is C14H22N2O2. The number of ether oxygens (including phenoxy) is 2. The van der Waals surface area contributed by atoms with E-state index >= 15 is 0 Å². The fourth-order valence-electron chi connectivity index (χ4n) is 2.31. The first-order valence-electron chi connectivity index (χ1n) is 6.39. The number of rotatable bonds is 4. The second-order valence-corrected chi connectivity index (χ2v) is 4.74. The minimum Gasteiger partial charge on any atom is -0.497 e. The fourth-order valence-corrected chi connectivity index (χ4v) is 2.31. The van der Waals surface area contributed by atoms with E-state index < -0.39 is 0 Å². The molecule has 1 N–H and O–H groups in total. The normalized spacial score (nSPS) is 20.7. The molecule has 0 radical (unpaired) electrons. The van der Waals surface area contributed by atoms with Crippen LogP contribution in [0.3, 0.4) is 0 Å². The third-order valence-electron chi connectivity index (χ3n) is 3.44. The lowest BCUT2D eigenvalue weighted by Gasteiger charge is -2.34. The summed E-state index contributed by atoms with van der Waals surface area (Å²) in [6.45, 7) is 6.40. The summed E-state index contributed by atoms with van der Waals surface area (Å²) in [4.78, 5) is 2.48. The molecule has 0 bridgehead atoms. The van der Waals surface area contributed by atoms with E-state index in [1.807, 2.05) is 6.07 Å². The van der Waals surface area contributed by atoms with E-state index in [0.29, 0.717) is 6.04 Å². The maximum Gasteiger partial charge on any atom is 0.122 e. The molecule has 1 unspecified atom stereocenters. The van der Waals surface area contributed by atoms with Crippen LogP contribution < -0.4 is 14.8 Å². The lowest BCUT2D eigenvalue weighted by Crippen LogP contribution is -2.49. The number of methoxy groups -OCH3 is 2. The van der Waals surface area contributed by atoms with Crippen molar-refractivity contribution in [2.24, 2.45) is 0 Å². The summed E-state index contributed by atoms with van der Waals surface area (Å²) in [7, 11) is 3.37. The number of benzene rings is 1. The molecule has 0 amide bonds. The molecular weight excluding hydrogens is 228 g/mol. The third-order valence-corrected chi connectivity index (χ3v) is 3.44. The SMILES string of the molecule is COc1cc(CN2CCNCC2C)cc(OC)c1. The highest BCUT2D eigenvalue weighted by Gasteiger charge is 2.18. The molecule has 100 valence electrons. The molecule has 1 saturated heterocycles. The van der Waals surface area contributed by atoms with E-state index in [2.05, 4.69) is 29.3 Å². The summed E-state index contributed by atoms with van der Waals surface area (Å²) >= 11 is 0. The van der Waals surface area contributed by atoms with Crippen LogP contribution in [0.15, 0.2) is 18.2 Å². The van der Waals surface area contributed by atoms with Gasteiger partial charge in [0.25, 0.3) is 0 Å². The lowest BCUT2D eigenvalue weighted by molar-refractivity contribution is 0.165. The highest BCUT2D eigenvalue weighted by Crippen LogP contribution is 2.24. The molecule has 1 fully saturated rings. The molecule has 4 nitrogen and oxygen atoms in total. The molecule has 1 aromatic rings. The van der Waals surface area contributed by atoms with Crippen molar-refractivity contribution >= 4 is 0 Å². The number of piperazine rings is 1. The van der Waals surface area contributed by atoms with Gasteiger partial charge in [0.2, 0.25) is 0 Å². The molecule has 0 aliphatic carbocycles. The standard InChI is InChI=1S/C14H22N2O2/c1-11-9-15-4-5-16(11)10-12-6-13(17-2)8-14(7-12)18-3/h6-8,11,15H,4-5,9-10H2,1-3H3. The Morgan fingerprint density at radius 3 is 2.44 bits per heavy atom. The van der Waals surface area contributed by atoms with E-state index in [4.69, 9.17) is 9.47 Å². The first-order valence-corrected chi connectivity index (χ1v) is 6.39. The van der Waals surface area contributed by atoms with Crippen LogP contribution in [0, 0.1) is 0 Å². The van der Waals surface area contributed by atoms with Crippen LogP contribution in [0.2, 0.25) is 0 Å². The van der Waals surface area contributed by atoms with Crippen LogP contribution >= 0.6 is 0 Å². The van der Waals surface area contributed by atoms with Gasteiger partial charge in [-0.2, -0.15) is 0 Å². The van der Waals surface area contributed by atoms with Crippen molar-refractivity contribution < 1.29 is 9.47 Å². The number of nitrogens with one attached hydrogen (secondary N) is 1. The van der Waals surface area contributed by atoms with Gasteiger partial charge in [0, 0.05) is 38.3 Å². The molecule has 1 atom stereocenters. The molecule has 1 aliphatic heterocycles. The van der Waals surface area contributed by atoms with Crippen LogP contribution in [-0.4, -0.2) is 44.8 Å². The molecule has 1 aliphatic rings. The van der Waals surface area contributed by atoms with Crippen LogP contribution in [0.25, 0.3) is 0 Å². The molecule has 1 heterocycles. The van der Waals surface area contributed by atoms with Crippen molar-refractivity contribution in [1.82, 2.24) is 10.2 Å². The maximum atomic E-state index is 5.30. The van der Waals surface area contributed by atoms with E-state index in [1.165, 1.54) is 5.56 Å². The predicted molar refractivity (Wildman–Crippen MR) is 72.3 cm³/mol. The quantitative estimate of drug-likeness (QED) is 0.878. The molecule has 0 spiro atoms. The van der Waals surface area contributed by atoms with Gasteiger partial charge in [-0.1, -0.05) is 0 Å². The zero-order valence-corrected chi connectivity index (χ0v) is 11.4. The van der Waals surface area contributed by atoms with Crippen LogP contribution in [0.4, 0.5) is 0 Å². The summed E-state index contributed by atoms with van der Waals surface area (Å²) in [5.41, 5.74) is 1.24. The van der Waals surface area contributed by atoms with Gasteiger partial charge in [-0.15, -0.1) is 0 Å². The zero-order valence-electron chi connectivity index (χ0n) is 11.4. The van der Waals surface area contributed by atoms with Crippen molar-refractivity contribution in [2.45, 2.75) is 19.5 Å². The van der Waals surface area contributed by atoms with Crippen molar-refractivity contribution in [3.05, 3.63) is 23.8 Å². The van der Waals surface area contributed by atoms with Gasteiger partial charge in [0.05, 0.1) is 14.2 Å². The minimum absolute atomic E-state index is 0.566. The van der Waals surface area contributed by atoms with Gasteiger partial charge in [-0.25, -0.2) is 0 Å². The topological polar surface area (TPSA) is 33.7 Å². The van der Waals surface area contributed by atoms with Gasteiger partial charge in [-0.05, 0) is 24.6 Å². The fraction of sp³-hybridized carbons (Fsp3) is 0.571. The van der Waals surface area contributed by atoms with Gasteiger partial charge in [0.1, 0.15) is 11.5 Å². The van der Waals surface area contributed by atoms with Crippen molar-refractivity contribution in [1.29, 1.82) is 0 Å². The monoisotopic (exact) mass is 250 g/mol. The van der Waals surface area contributed by atoms with Gasteiger partial charge >= 0.3 is 0 Å². The Balaban J connectivity index is 2.12. The summed E-state index contributed by atoms with van der Waals surface area (Å²) < 4.78 is 10.6. The Morgan fingerprint density at radius 2 is 1.89 bits per heavy atom. The Hall–Kier alpha value is -1.26. The van der Waals surface area contributed by atoms with E-state index in [-0.39, 0.29) is 0 Å². The summed E-state index contributed by atoms with van der Waals surface area (Å²) in [5.74, 6) is 1.71. The second kappa shape index (κ2) is 6.07. The van der Waals surface area contributed by atoms with Crippen molar-refractivity contribution in [3.63, 3.8) is 0 Å². The predicted octanol–water partition coefficient (Wildman–Crippen LogP) is 1.50. The molecule has 0 aromatic heterocycles. The largest absolute Gasteiger partial charge is 0.497 e. The van der Waals surface area contributed by atoms with Crippen LogP contribution in [0.1, 0.15) is 12.5 Å². The average Bonchev–Trinajstić information content (AvgIpc) is 2.41. The van der Waals surface area contributed by atoms with Gasteiger partial charge in [0.15, 0.2) is 0 Å². The Kier molecular flexibility index (Phi) is 4.44. The summed E-state index contributed by atoms with van der Waals surface area (Å²) in [6.07, 6.45) is 0. The Bertz CT molecular complexity index is 373. The second-order valence-electron chi connectivity index (χ2n) is 4.74. The molecule has 1 aromatic carbocycles. The highest BCUT2D eigenvalue weighted by molar-refractivity contribution is 5.38. The lowest BCUT2D eigenvalue weighted by atomic mass is 10.1. The third kappa shape index (κ3) is 3.15. The molecule has 4 heteroatoms. The molecule has 2 rings (SSSR count). The first kappa shape index (κ1) is 13.2. The van der Waals surface area contributed by atoms with Gasteiger partial charge in [-0.3, -0.25) is 4.90 Å². The van der Waals surface area contributed by atoms with E-state index in [0.717, 1.165) is 37.7 Å². The minimum atomic E-state index is 0.566. The van der Waals surface area contributed by atoms with Crippen LogP contribution in [0.5, 0.6) is 11.5 Å². The Labute approximate surface area is 109 Å². The van der Waals surface area contributed by atoms with Crippen molar-refractivity contribution in [2.75, 3.05) is 33.9 Å². The molecule has 18 heavy (non-hydrogen) atoms. The maximum absolute atomic E-state index is 5.30. The number of hydrogen-bond acceptors (Lipinski definition) is 4. The number of nitrogens with zero attached hydrogens (tertiary/aromatic N) is 1. The van der Waals surface area contributed by atoms with Gasteiger partial charge < -0.3 is 14.8 Å². The first-order chi connectivity index (χ1) is 8.72. The average molecular weight is 250 g/mol. The van der Waals surface area contributed by atoms with E-state index in [1.54, 1.807) is 14.2 Å². The van der Waals surface area contributed by atoms with E-state index in [9.17, 15) is 0 Å². The molecule has 0 saturated carbocycles. The smallest absolute Gasteiger partial charge is 0.122 e. The zero-order chi connectivity index (χ0) is 13.0. The Morgan fingerprint density at radius 1 is 1.22 bits per heavy atom. The van der Waals surface area contributed by atoms with Crippen LogP contribution in [-0.2, 0) is 6.54 Å². The van der Waals surface area contributed by atoms with Crippen molar-refractivity contribution in [3.8, 4) is 11.5 Å².